The highest BCUT2D eigenvalue weighted by molar-refractivity contribution is 5.68. The molecule has 1 aromatic rings. The van der Waals surface area contributed by atoms with Crippen molar-refractivity contribution in [2.75, 3.05) is 25.1 Å². The number of alkyl carbamates (subject to hydrolysis) is 1. The van der Waals surface area contributed by atoms with E-state index < -0.39 is 5.60 Å². The number of carbonyl (C=O) groups excluding carboxylic acids is 1. The molecule has 2 heterocycles. The summed E-state index contributed by atoms with van der Waals surface area (Å²) in [5.74, 6) is 2.28. The zero-order valence-electron chi connectivity index (χ0n) is 14.8. The summed E-state index contributed by atoms with van der Waals surface area (Å²) in [6.45, 7) is 7.39. The molecule has 1 aliphatic carbocycles. The fourth-order valence-corrected chi connectivity index (χ4v) is 3.70. The van der Waals surface area contributed by atoms with Crippen molar-refractivity contribution in [3.63, 3.8) is 0 Å². The number of piperidine rings is 1. The number of ether oxygens (including phenoxy) is 2. The van der Waals surface area contributed by atoms with Gasteiger partial charge in [0.15, 0.2) is 0 Å². The Morgan fingerprint density at radius 2 is 1.92 bits per heavy atom. The Kier molecular flexibility index (Phi) is 4.51. The van der Waals surface area contributed by atoms with Crippen LogP contribution >= 0.6 is 0 Å². The van der Waals surface area contributed by atoms with Gasteiger partial charge in [0.25, 0.3) is 0 Å². The molecule has 1 aliphatic heterocycles. The van der Waals surface area contributed by atoms with E-state index in [1.807, 2.05) is 26.8 Å². The van der Waals surface area contributed by atoms with E-state index in [4.69, 9.17) is 9.47 Å². The van der Waals surface area contributed by atoms with Crippen molar-refractivity contribution in [2.24, 2.45) is 11.8 Å². The molecule has 2 aliphatic rings. The highest BCUT2D eigenvalue weighted by atomic mass is 16.6. The summed E-state index contributed by atoms with van der Waals surface area (Å²) in [4.78, 5) is 22.8. The topological polar surface area (TPSA) is 76.6 Å². The maximum absolute atomic E-state index is 12.1. The summed E-state index contributed by atoms with van der Waals surface area (Å²) >= 11 is 0. The Morgan fingerprint density at radius 1 is 1.25 bits per heavy atom. The van der Waals surface area contributed by atoms with Crippen LogP contribution in [0.3, 0.4) is 0 Å². The summed E-state index contributed by atoms with van der Waals surface area (Å²) in [5.41, 5.74) is -0.471. The van der Waals surface area contributed by atoms with Crippen molar-refractivity contribution in [1.29, 1.82) is 0 Å². The van der Waals surface area contributed by atoms with Gasteiger partial charge < -0.3 is 19.7 Å². The molecule has 0 aromatic carbocycles. The molecule has 7 nitrogen and oxygen atoms in total. The van der Waals surface area contributed by atoms with E-state index in [0.29, 0.717) is 17.7 Å². The average molecular weight is 334 g/mol. The van der Waals surface area contributed by atoms with Crippen LogP contribution in [-0.2, 0) is 4.74 Å². The van der Waals surface area contributed by atoms with Crippen molar-refractivity contribution in [1.82, 2.24) is 15.3 Å². The number of methoxy groups -OCH3 is 1. The zero-order valence-corrected chi connectivity index (χ0v) is 14.8. The summed E-state index contributed by atoms with van der Waals surface area (Å²) in [5, 5.41) is 3.09. The predicted molar refractivity (Wildman–Crippen MR) is 90.2 cm³/mol. The maximum atomic E-state index is 12.1. The number of carbonyl (C=O) groups is 1. The molecule has 24 heavy (non-hydrogen) atoms. The van der Waals surface area contributed by atoms with Crippen LogP contribution in [0.1, 0.15) is 33.6 Å². The molecule has 3 rings (SSSR count). The minimum absolute atomic E-state index is 0.180. The Labute approximate surface area is 142 Å². The van der Waals surface area contributed by atoms with Gasteiger partial charge in [-0.05, 0) is 45.4 Å². The van der Waals surface area contributed by atoms with Gasteiger partial charge in [-0.1, -0.05) is 0 Å². The van der Waals surface area contributed by atoms with Crippen LogP contribution in [-0.4, -0.2) is 47.9 Å². The van der Waals surface area contributed by atoms with Gasteiger partial charge in [-0.3, -0.25) is 0 Å². The highest BCUT2D eigenvalue weighted by Gasteiger charge is 2.43. The second kappa shape index (κ2) is 6.45. The molecule has 3 atom stereocenters. The van der Waals surface area contributed by atoms with Gasteiger partial charge in [0.1, 0.15) is 17.7 Å². The third kappa shape index (κ3) is 3.71. The lowest BCUT2D eigenvalue weighted by molar-refractivity contribution is 0.0472. The second-order valence-electron chi connectivity index (χ2n) is 7.59. The van der Waals surface area contributed by atoms with Crippen molar-refractivity contribution in [2.45, 2.75) is 45.3 Å². The van der Waals surface area contributed by atoms with Crippen molar-refractivity contribution < 1.29 is 14.3 Å². The van der Waals surface area contributed by atoms with Crippen LogP contribution in [0.5, 0.6) is 5.88 Å². The molecule has 1 N–H and O–H groups in total. The molecule has 1 amide bonds. The Bertz CT molecular complexity index is 588. The number of amides is 1. The molecule has 132 valence electrons. The molecular weight excluding hydrogens is 308 g/mol. The first kappa shape index (κ1) is 16.8. The normalized spacial score (nSPS) is 26.2. The summed E-state index contributed by atoms with van der Waals surface area (Å²) in [7, 11) is 1.60. The lowest BCUT2D eigenvalue weighted by Gasteiger charge is -2.39. The van der Waals surface area contributed by atoms with E-state index in [-0.39, 0.29) is 12.1 Å². The lowest BCUT2D eigenvalue weighted by Crippen LogP contribution is -2.53. The summed E-state index contributed by atoms with van der Waals surface area (Å²) in [6.07, 6.45) is 3.44. The molecular formula is C17H26N4O3. The van der Waals surface area contributed by atoms with E-state index >= 15 is 0 Å². The van der Waals surface area contributed by atoms with Crippen molar-refractivity contribution in [3.8, 4) is 5.88 Å². The Balaban J connectivity index is 1.65. The van der Waals surface area contributed by atoms with E-state index in [1.54, 1.807) is 7.11 Å². The van der Waals surface area contributed by atoms with Crippen LogP contribution in [0, 0.1) is 11.8 Å². The number of anilines is 1. The molecule has 0 spiro atoms. The first-order valence-corrected chi connectivity index (χ1v) is 8.46. The van der Waals surface area contributed by atoms with Crippen LogP contribution in [0.15, 0.2) is 12.4 Å². The standard InChI is InChI=1S/C17H26N4O3/c1-17(2,3)24-16(22)20-15-11-5-6-12(15)9-21(8-11)13-7-14(23-4)19-10-18-13/h7,10-12,15H,5-6,8-9H2,1-4H3,(H,20,22)/t11-,12+,15+. The van der Waals surface area contributed by atoms with Crippen LogP contribution < -0.4 is 15.0 Å². The number of aromatic nitrogens is 2. The summed E-state index contributed by atoms with van der Waals surface area (Å²) in [6, 6.07) is 2.04. The second-order valence-corrected chi connectivity index (χ2v) is 7.59. The number of rotatable bonds is 3. The van der Waals surface area contributed by atoms with Gasteiger partial charge in [0.05, 0.1) is 7.11 Å². The van der Waals surface area contributed by atoms with Gasteiger partial charge in [-0.15, -0.1) is 0 Å². The van der Waals surface area contributed by atoms with Crippen molar-refractivity contribution >= 4 is 11.9 Å². The van der Waals surface area contributed by atoms with Gasteiger partial charge in [-0.2, -0.15) is 0 Å². The highest BCUT2D eigenvalue weighted by Crippen LogP contribution is 2.38. The fraction of sp³-hybridized carbons (Fsp3) is 0.706. The van der Waals surface area contributed by atoms with Gasteiger partial charge in [-0.25, -0.2) is 14.8 Å². The summed E-state index contributed by atoms with van der Waals surface area (Å²) < 4.78 is 10.6. The van der Waals surface area contributed by atoms with Gasteiger partial charge >= 0.3 is 6.09 Å². The third-order valence-corrected chi connectivity index (χ3v) is 4.68. The van der Waals surface area contributed by atoms with E-state index in [9.17, 15) is 4.79 Å². The molecule has 1 saturated heterocycles. The van der Waals surface area contributed by atoms with Crippen molar-refractivity contribution in [3.05, 3.63) is 12.4 Å². The fourth-order valence-electron chi connectivity index (χ4n) is 3.70. The number of hydrogen-bond acceptors (Lipinski definition) is 6. The minimum atomic E-state index is -0.471. The van der Waals surface area contributed by atoms with E-state index in [1.165, 1.54) is 6.33 Å². The first-order valence-electron chi connectivity index (χ1n) is 8.46. The maximum Gasteiger partial charge on any atom is 0.407 e. The van der Waals surface area contributed by atoms with Gasteiger partial charge in [0, 0.05) is 25.2 Å². The van der Waals surface area contributed by atoms with Gasteiger partial charge in [0.2, 0.25) is 5.88 Å². The molecule has 2 bridgehead atoms. The third-order valence-electron chi connectivity index (χ3n) is 4.68. The monoisotopic (exact) mass is 334 g/mol. The van der Waals surface area contributed by atoms with E-state index in [2.05, 4.69) is 20.2 Å². The van der Waals surface area contributed by atoms with Crippen LogP contribution in [0.25, 0.3) is 0 Å². The molecule has 7 heteroatoms. The molecule has 2 fully saturated rings. The predicted octanol–water partition coefficient (Wildman–Crippen LogP) is 2.22. The number of fused-ring (bicyclic) bond motifs is 2. The molecule has 0 radical (unpaired) electrons. The number of nitrogens with zero attached hydrogens (tertiary/aromatic N) is 3. The Hall–Kier alpha value is -2.05. The van der Waals surface area contributed by atoms with Crippen LogP contribution in [0.2, 0.25) is 0 Å². The SMILES string of the molecule is COc1cc(N2C[C@H]3CC[C@@H](C2)[C@H]3NC(=O)OC(C)(C)C)ncn1. The number of nitrogens with one attached hydrogen (secondary N) is 1. The largest absolute Gasteiger partial charge is 0.481 e. The smallest absolute Gasteiger partial charge is 0.407 e. The molecule has 1 aromatic heterocycles. The quantitative estimate of drug-likeness (QED) is 0.913. The minimum Gasteiger partial charge on any atom is -0.481 e. The van der Waals surface area contributed by atoms with Crippen LogP contribution in [0.4, 0.5) is 10.6 Å². The molecule has 0 unspecified atom stereocenters. The zero-order chi connectivity index (χ0) is 17.3. The molecule has 1 saturated carbocycles. The average Bonchev–Trinajstić information content (AvgIpc) is 2.75. The first-order chi connectivity index (χ1) is 11.4. The van der Waals surface area contributed by atoms with E-state index in [0.717, 1.165) is 31.7 Å². The Morgan fingerprint density at radius 3 is 2.50 bits per heavy atom. The lowest BCUT2D eigenvalue weighted by atomic mass is 9.92. The number of hydrogen-bond donors (Lipinski definition) is 1.